The quantitative estimate of drug-likeness (QED) is 0.179. The van der Waals surface area contributed by atoms with Crippen LogP contribution in [0.25, 0.3) is 77.9 Å². The molecule has 0 fully saturated rings. The summed E-state index contributed by atoms with van der Waals surface area (Å²) in [6, 6.07) is 55.5. The fraction of sp³-hybridized carbons (Fsp3) is 0.0213. The number of fused-ring (bicyclic) bond motifs is 3. The molecule has 0 radical (unpaired) electrons. The molecular weight excluding hydrogens is 625 g/mol. The molecule has 2 aromatic heterocycles. The highest BCUT2D eigenvalue weighted by Crippen LogP contribution is 2.44. The lowest BCUT2D eigenvalue weighted by Gasteiger charge is -2.14. The summed E-state index contributed by atoms with van der Waals surface area (Å²) in [6.45, 7) is 0.129. The topological polar surface area (TPSA) is 44.2 Å². The monoisotopic (exact) mass is 656 g/mol. The number of nitrogens with zero attached hydrogens (tertiary/aromatic N) is 2. The highest BCUT2D eigenvalue weighted by molar-refractivity contribution is 5.88. The van der Waals surface area contributed by atoms with Crippen molar-refractivity contribution in [2.75, 3.05) is 6.79 Å². The van der Waals surface area contributed by atoms with Gasteiger partial charge in [0, 0.05) is 47.0 Å². The second kappa shape index (κ2) is 13.3. The van der Waals surface area contributed by atoms with Crippen LogP contribution in [0, 0.1) is 0 Å². The van der Waals surface area contributed by atoms with Crippen molar-refractivity contribution < 1.29 is 9.47 Å². The molecule has 3 heterocycles. The molecule has 6 aromatic carbocycles. The van der Waals surface area contributed by atoms with Crippen LogP contribution in [0.5, 0.6) is 11.5 Å². The smallest absolute Gasteiger partial charge is 0.230 e. The summed E-state index contributed by atoms with van der Waals surface area (Å²) in [6.07, 6.45) is 7.41. The van der Waals surface area contributed by atoms with Crippen LogP contribution in [0.15, 0.2) is 183 Å². The minimum absolute atomic E-state index is 0.129. The molecule has 0 bridgehead atoms. The van der Waals surface area contributed by atoms with Gasteiger partial charge in [0.25, 0.3) is 0 Å². The second-order valence-corrected chi connectivity index (χ2v) is 12.6. The molecule has 1 aliphatic heterocycles. The Labute approximate surface area is 297 Å². The molecule has 8 aromatic rings. The molecule has 0 spiro atoms. The van der Waals surface area contributed by atoms with Gasteiger partial charge in [0.15, 0.2) is 0 Å². The number of rotatable bonds is 6. The molecule has 0 unspecified atom stereocenters. The Hall–Kier alpha value is -6.78. The van der Waals surface area contributed by atoms with Crippen molar-refractivity contribution in [1.29, 1.82) is 0 Å². The first kappa shape index (κ1) is 30.3. The normalized spacial score (nSPS) is 11.8. The fourth-order valence-corrected chi connectivity index (χ4v) is 6.83. The van der Waals surface area contributed by atoms with E-state index < -0.39 is 0 Å². The van der Waals surface area contributed by atoms with Gasteiger partial charge in [-0.25, -0.2) is 0 Å². The number of benzene rings is 6. The largest absolute Gasteiger partial charge is 0.457 e. The van der Waals surface area contributed by atoms with Crippen molar-refractivity contribution >= 4 is 0 Å². The zero-order chi connectivity index (χ0) is 34.0. The highest BCUT2D eigenvalue weighted by Gasteiger charge is 2.20. The van der Waals surface area contributed by atoms with Gasteiger partial charge in [-0.15, -0.1) is 0 Å². The standard InChI is InChI=1S/C47H32N2O2/c1-3-9-32(10-4-1)38-21-39(33-11-5-2-6-12-33)23-41(22-38)35-15-17-44-45-27-34(16-18-46(45)50-31-51-47(44)28-35)40-24-42(36-13-7-19-48-29-36)26-43(25-40)37-14-8-20-49-30-37/h1-30H,31H2. The van der Waals surface area contributed by atoms with Crippen LogP contribution in [0.4, 0.5) is 0 Å². The van der Waals surface area contributed by atoms with Gasteiger partial charge in [-0.2, -0.15) is 0 Å². The van der Waals surface area contributed by atoms with E-state index in [1.165, 1.54) is 22.3 Å². The van der Waals surface area contributed by atoms with Gasteiger partial charge in [-0.1, -0.05) is 84.9 Å². The average Bonchev–Trinajstić information content (AvgIpc) is 3.40. The van der Waals surface area contributed by atoms with Crippen molar-refractivity contribution in [3.8, 4) is 89.4 Å². The average molecular weight is 657 g/mol. The van der Waals surface area contributed by atoms with Gasteiger partial charge in [-0.05, 0) is 128 Å². The van der Waals surface area contributed by atoms with E-state index in [4.69, 9.17) is 9.47 Å². The Balaban J connectivity index is 1.14. The van der Waals surface area contributed by atoms with Gasteiger partial charge in [0.2, 0.25) is 6.79 Å². The second-order valence-electron chi connectivity index (χ2n) is 12.6. The molecule has 9 rings (SSSR count). The van der Waals surface area contributed by atoms with Crippen molar-refractivity contribution in [2.24, 2.45) is 0 Å². The highest BCUT2D eigenvalue weighted by atomic mass is 16.7. The number of hydrogen-bond donors (Lipinski definition) is 0. The maximum atomic E-state index is 6.29. The molecule has 0 amide bonds. The van der Waals surface area contributed by atoms with E-state index in [2.05, 4.69) is 149 Å². The number of hydrogen-bond acceptors (Lipinski definition) is 4. The minimum atomic E-state index is 0.129. The minimum Gasteiger partial charge on any atom is -0.457 e. The first-order valence-electron chi connectivity index (χ1n) is 17.0. The van der Waals surface area contributed by atoms with Crippen LogP contribution < -0.4 is 9.47 Å². The molecule has 0 aliphatic carbocycles. The van der Waals surface area contributed by atoms with Crippen LogP contribution in [0.2, 0.25) is 0 Å². The van der Waals surface area contributed by atoms with Crippen molar-refractivity contribution in [1.82, 2.24) is 9.97 Å². The molecule has 0 saturated carbocycles. The van der Waals surface area contributed by atoms with E-state index in [1.807, 2.05) is 30.6 Å². The molecule has 4 nitrogen and oxygen atoms in total. The van der Waals surface area contributed by atoms with E-state index in [0.29, 0.717) is 0 Å². The van der Waals surface area contributed by atoms with E-state index in [-0.39, 0.29) is 6.79 Å². The number of aromatic nitrogens is 2. The molecule has 0 N–H and O–H groups in total. The molecule has 1 aliphatic rings. The summed E-state index contributed by atoms with van der Waals surface area (Å²) in [7, 11) is 0. The van der Waals surface area contributed by atoms with Gasteiger partial charge < -0.3 is 9.47 Å². The first-order valence-corrected chi connectivity index (χ1v) is 17.0. The third kappa shape index (κ3) is 6.16. The Morgan fingerprint density at radius 3 is 1.29 bits per heavy atom. The summed E-state index contributed by atoms with van der Waals surface area (Å²) >= 11 is 0. The third-order valence-electron chi connectivity index (χ3n) is 9.42. The van der Waals surface area contributed by atoms with Crippen LogP contribution in [0.3, 0.4) is 0 Å². The van der Waals surface area contributed by atoms with Crippen molar-refractivity contribution in [3.63, 3.8) is 0 Å². The Kier molecular flexibility index (Phi) is 7.88. The van der Waals surface area contributed by atoms with Crippen LogP contribution in [0.1, 0.15) is 0 Å². The van der Waals surface area contributed by atoms with E-state index in [1.54, 1.807) is 12.4 Å². The van der Waals surface area contributed by atoms with E-state index in [9.17, 15) is 0 Å². The summed E-state index contributed by atoms with van der Waals surface area (Å²) in [5, 5.41) is 0. The molecular formula is C47H32N2O2. The molecule has 242 valence electrons. The lowest BCUT2D eigenvalue weighted by atomic mass is 9.91. The number of pyridine rings is 2. The zero-order valence-corrected chi connectivity index (χ0v) is 27.7. The van der Waals surface area contributed by atoms with Gasteiger partial charge in [0.1, 0.15) is 11.5 Å². The predicted molar refractivity (Wildman–Crippen MR) is 206 cm³/mol. The lowest BCUT2D eigenvalue weighted by Crippen LogP contribution is -2.03. The van der Waals surface area contributed by atoms with Gasteiger partial charge in [-0.3, -0.25) is 9.97 Å². The summed E-state index contributed by atoms with van der Waals surface area (Å²) in [5.41, 5.74) is 15.3. The molecule has 51 heavy (non-hydrogen) atoms. The van der Waals surface area contributed by atoms with Crippen LogP contribution in [-0.4, -0.2) is 16.8 Å². The van der Waals surface area contributed by atoms with Gasteiger partial charge in [0.05, 0.1) is 0 Å². The maximum absolute atomic E-state index is 6.29. The van der Waals surface area contributed by atoms with Crippen molar-refractivity contribution in [3.05, 3.63) is 183 Å². The Bertz CT molecular complexity index is 2370. The Morgan fingerprint density at radius 1 is 0.314 bits per heavy atom. The Morgan fingerprint density at radius 2 is 0.765 bits per heavy atom. The predicted octanol–water partition coefficient (Wildman–Crippen LogP) is 11.9. The van der Waals surface area contributed by atoms with E-state index >= 15 is 0 Å². The maximum Gasteiger partial charge on any atom is 0.230 e. The first-order chi connectivity index (χ1) is 25.2. The van der Waals surface area contributed by atoms with Crippen molar-refractivity contribution in [2.45, 2.75) is 0 Å². The van der Waals surface area contributed by atoms with E-state index in [0.717, 1.165) is 67.1 Å². The molecule has 0 saturated heterocycles. The van der Waals surface area contributed by atoms with Crippen LogP contribution in [-0.2, 0) is 0 Å². The summed E-state index contributed by atoms with van der Waals surface area (Å²) in [5.74, 6) is 1.58. The van der Waals surface area contributed by atoms with Crippen LogP contribution >= 0.6 is 0 Å². The SMILES string of the molecule is c1ccc(-c2cc(-c3ccccc3)cc(-c3ccc4c(c3)OCOc3ccc(-c5cc(-c6cccnc6)cc(-c6cccnc6)c5)cc3-4)c2)cc1. The summed E-state index contributed by atoms with van der Waals surface area (Å²) in [4.78, 5) is 8.77. The van der Waals surface area contributed by atoms with Gasteiger partial charge >= 0.3 is 0 Å². The number of ether oxygens (including phenoxy) is 2. The zero-order valence-electron chi connectivity index (χ0n) is 27.7. The fourth-order valence-electron chi connectivity index (χ4n) is 6.83. The summed E-state index contributed by atoms with van der Waals surface area (Å²) < 4.78 is 12.5. The molecule has 4 heteroatoms. The lowest BCUT2D eigenvalue weighted by molar-refractivity contribution is 0.125. The molecule has 0 atom stereocenters. The third-order valence-corrected chi connectivity index (χ3v) is 9.42.